The lowest BCUT2D eigenvalue weighted by Crippen LogP contribution is -2.25. The summed E-state index contributed by atoms with van der Waals surface area (Å²) in [5.41, 5.74) is 3.28. The van der Waals surface area contributed by atoms with Gasteiger partial charge in [0.05, 0.1) is 11.8 Å². The van der Waals surface area contributed by atoms with Crippen molar-refractivity contribution >= 4 is 17.0 Å². The maximum absolute atomic E-state index is 13.5. The van der Waals surface area contributed by atoms with Gasteiger partial charge in [-0.05, 0) is 35.4 Å². The molecule has 4 nitrogen and oxygen atoms in total. The summed E-state index contributed by atoms with van der Waals surface area (Å²) in [6.07, 6.45) is 1.55. The van der Waals surface area contributed by atoms with Crippen LogP contribution < -0.4 is 5.32 Å². The van der Waals surface area contributed by atoms with E-state index >= 15 is 0 Å². The van der Waals surface area contributed by atoms with Crippen LogP contribution in [0.3, 0.4) is 0 Å². The second-order valence-electron chi connectivity index (χ2n) is 6.22. The number of nitrogens with one attached hydrogen (secondary N) is 1. The summed E-state index contributed by atoms with van der Waals surface area (Å²) in [5, 5.41) is 2.83. The number of fused-ring (bicyclic) bond motifs is 1. The number of rotatable bonds is 5. The number of aromatic nitrogens is 1. The van der Waals surface area contributed by atoms with Gasteiger partial charge in [0.1, 0.15) is 17.3 Å². The molecule has 0 saturated carbocycles. The molecule has 136 valence electrons. The van der Waals surface area contributed by atoms with Crippen LogP contribution in [0.4, 0.5) is 8.78 Å². The van der Waals surface area contributed by atoms with Crippen LogP contribution in [0.2, 0.25) is 0 Å². The number of nitrogens with zero attached hydrogens (tertiary/aromatic N) is 1. The van der Waals surface area contributed by atoms with Crippen molar-refractivity contribution in [3.05, 3.63) is 95.4 Å². The van der Waals surface area contributed by atoms with Gasteiger partial charge in [0.25, 0.3) is 5.91 Å². The fraction of sp³-hybridized carbons (Fsp3) is 0.0952. The molecule has 0 aliphatic rings. The van der Waals surface area contributed by atoms with E-state index in [1.165, 1.54) is 24.3 Å². The van der Waals surface area contributed by atoms with Crippen molar-refractivity contribution in [2.24, 2.45) is 0 Å². The highest BCUT2D eigenvalue weighted by Gasteiger charge is 2.17. The first kappa shape index (κ1) is 17.0. The van der Waals surface area contributed by atoms with Gasteiger partial charge in [0.15, 0.2) is 5.58 Å². The summed E-state index contributed by atoms with van der Waals surface area (Å²) in [4.78, 5) is 12.7. The lowest BCUT2D eigenvalue weighted by atomic mass is 10.2. The Morgan fingerprint density at radius 3 is 2.56 bits per heavy atom. The summed E-state index contributed by atoms with van der Waals surface area (Å²) in [5.74, 6) is -0.943. The number of amides is 1. The largest absolute Gasteiger partial charge is 0.463 e. The normalized spacial score (nSPS) is 11.0. The number of carbonyl (C=O) groups excluding carboxylic acids is 1. The smallest absolute Gasteiger partial charge is 0.268 e. The monoisotopic (exact) mass is 366 g/mol. The zero-order valence-corrected chi connectivity index (χ0v) is 14.3. The standard InChI is InChI=1S/C21H16F2N2O2/c22-16-6-4-14(5-7-16)12-24-21(26)19-11-20-18(8-9-27-20)25(19)13-15-2-1-3-17(23)10-15/h1-11H,12-13H2,(H,24,26). The van der Waals surface area contributed by atoms with E-state index in [9.17, 15) is 13.6 Å². The minimum absolute atomic E-state index is 0.269. The predicted molar refractivity (Wildman–Crippen MR) is 97.3 cm³/mol. The molecule has 0 atom stereocenters. The Kier molecular flexibility index (Phi) is 4.46. The minimum Gasteiger partial charge on any atom is -0.463 e. The summed E-state index contributed by atoms with van der Waals surface area (Å²) >= 11 is 0. The van der Waals surface area contributed by atoms with Crippen molar-refractivity contribution in [1.29, 1.82) is 0 Å². The molecular weight excluding hydrogens is 350 g/mol. The molecule has 0 aliphatic heterocycles. The molecule has 0 saturated heterocycles. The quantitative estimate of drug-likeness (QED) is 0.566. The summed E-state index contributed by atoms with van der Waals surface area (Å²) in [6.45, 7) is 0.603. The van der Waals surface area contributed by atoms with Crippen LogP contribution in [0, 0.1) is 11.6 Å². The molecule has 2 heterocycles. The molecule has 0 fully saturated rings. The molecule has 2 aromatic heterocycles. The van der Waals surface area contributed by atoms with Gasteiger partial charge in [0, 0.05) is 25.2 Å². The molecule has 0 aliphatic carbocycles. The van der Waals surface area contributed by atoms with E-state index in [-0.39, 0.29) is 24.1 Å². The van der Waals surface area contributed by atoms with E-state index in [4.69, 9.17) is 4.42 Å². The Labute approximate surface area is 154 Å². The number of benzene rings is 2. The van der Waals surface area contributed by atoms with Crippen LogP contribution >= 0.6 is 0 Å². The van der Waals surface area contributed by atoms with Crippen LogP contribution in [0.5, 0.6) is 0 Å². The minimum atomic E-state index is -0.328. The topological polar surface area (TPSA) is 47.2 Å². The van der Waals surface area contributed by atoms with Gasteiger partial charge in [0.2, 0.25) is 0 Å². The van der Waals surface area contributed by atoms with E-state index in [2.05, 4.69) is 5.32 Å². The number of hydrogen-bond acceptors (Lipinski definition) is 2. The number of furan rings is 1. The van der Waals surface area contributed by atoms with E-state index in [0.29, 0.717) is 17.8 Å². The first-order valence-electron chi connectivity index (χ1n) is 8.44. The molecular formula is C21H16F2N2O2. The highest BCUT2D eigenvalue weighted by atomic mass is 19.1. The molecule has 4 aromatic rings. The molecule has 0 unspecified atom stereocenters. The second kappa shape index (κ2) is 7.07. The Balaban J connectivity index is 1.59. The SMILES string of the molecule is O=C(NCc1ccc(F)cc1)c1cc2occc2n1Cc1cccc(F)c1. The van der Waals surface area contributed by atoms with Crippen LogP contribution in [-0.4, -0.2) is 10.5 Å². The molecule has 0 spiro atoms. The van der Waals surface area contributed by atoms with Gasteiger partial charge in [-0.25, -0.2) is 8.78 Å². The third-order valence-electron chi connectivity index (χ3n) is 4.35. The van der Waals surface area contributed by atoms with E-state index < -0.39 is 0 Å². The van der Waals surface area contributed by atoms with Gasteiger partial charge in [-0.15, -0.1) is 0 Å². The Morgan fingerprint density at radius 1 is 0.963 bits per heavy atom. The first-order valence-corrected chi connectivity index (χ1v) is 8.44. The number of halogens is 2. The second-order valence-corrected chi connectivity index (χ2v) is 6.22. The average Bonchev–Trinajstić information content (AvgIpc) is 3.24. The van der Waals surface area contributed by atoms with Crippen LogP contribution in [0.1, 0.15) is 21.6 Å². The van der Waals surface area contributed by atoms with Gasteiger partial charge in [-0.3, -0.25) is 4.79 Å². The lowest BCUT2D eigenvalue weighted by molar-refractivity contribution is 0.0942. The fourth-order valence-corrected chi connectivity index (χ4v) is 3.03. The number of carbonyl (C=O) groups is 1. The molecule has 0 bridgehead atoms. The highest BCUT2D eigenvalue weighted by molar-refractivity contribution is 5.97. The predicted octanol–water partition coefficient (Wildman–Crippen LogP) is 4.49. The molecule has 1 amide bonds. The van der Waals surface area contributed by atoms with Gasteiger partial charge < -0.3 is 14.3 Å². The van der Waals surface area contributed by atoms with Crippen molar-refractivity contribution in [1.82, 2.24) is 9.88 Å². The van der Waals surface area contributed by atoms with E-state index in [1.54, 1.807) is 47.2 Å². The maximum Gasteiger partial charge on any atom is 0.268 e. The van der Waals surface area contributed by atoms with Crippen molar-refractivity contribution in [2.75, 3.05) is 0 Å². The zero-order valence-electron chi connectivity index (χ0n) is 14.3. The highest BCUT2D eigenvalue weighted by Crippen LogP contribution is 2.23. The third kappa shape index (κ3) is 3.60. The van der Waals surface area contributed by atoms with Gasteiger partial charge in [-0.1, -0.05) is 24.3 Å². The fourth-order valence-electron chi connectivity index (χ4n) is 3.03. The average molecular weight is 366 g/mol. The van der Waals surface area contributed by atoms with E-state index in [1.807, 2.05) is 0 Å². The van der Waals surface area contributed by atoms with Crippen molar-refractivity contribution in [2.45, 2.75) is 13.1 Å². The van der Waals surface area contributed by atoms with Crippen molar-refractivity contribution < 1.29 is 18.0 Å². The molecule has 27 heavy (non-hydrogen) atoms. The zero-order chi connectivity index (χ0) is 18.8. The summed E-state index contributed by atoms with van der Waals surface area (Å²) in [7, 11) is 0. The van der Waals surface area contributed by atoms with Crippen molar-refractivity contribution in [3.63, 3.8) is 0 Å². The van der Waals surface area contributed by atoms with Crippen LogP contribution in [-0.2, 0) is 13.1 Å². The third-order valence-corrected chi connectivity index (χ3v) is 4.35. The van der Waals surface area contributed by atoms with Crippen LogP contribution in [0.25, 0.3) is 11.1 Å². The number of hydrogen-bond donors (Lipinski definition) is 1. The molecule has 4 rings (SSSR count). The van der Waals surface area contributed by atoms with Crippen LogP contribution in [0.15, 0.2) is 71.3 Å². The van der Waals surface area contributed by atoms with Gasteiger partial charge >= 0.3 is 0 Å². The van der Waals surface area contributed by atoms with Gasteiger partial charge in [-0.2, -0.15) is 0 Å². The van der Waals surface area contributed by atoms with Crippen molar-refractivity contribution in [3.8, 4) is 0 Å². The molecule has 6 heteroatoms. The first-order chi connectivity index (χ1) is 13.1. The summed E-state index contributed by atoms with van der Waals surface area (Å²) < 4.78 is 33.7. The molecule has 1 N–H and O–H groups in total. The maximum atomic E-state index is 13.5. The Hall–Kier alpha value is -3.41. The van der Waals surface area contributed by atoms with E-state index in [0.717, 1.165) is 16.6 Å². The lowest BCUT2D eigenvalue weighted by Gasteiger charge is -2.11. The Bertz CT molecular complexity index is 1100. The Morgan fingerprint density at radius 2 is 1.78 bits per heavy atom. The summed E-state index contributed by atoms with van der Waals surface area (Å²) in [6, 6.07) is 15.6. The molecule has 0 radical (unpaired) electrons. The molecule has 2 aromatic carbocycles.